The number of carbonyl (C=O) groups excluding carboxylic acids is 2. The van der Waals surface area contributed by atoms with Crippen molar-refractivity contribution in [1.82, 2.24) is 4.90 Å². The van der Waals surface area contributed by atoms with Gasteiger partial charge in [0.1, 0.15) is 17.7 Å². The van der Waals surface area contributed by atoms with E-state index in [0.717, 1.165) is 24.6 Å². The molecule has 5 nitrogen and oxygen atoms in total. The van der Waals surface area contributed by atoms with Gasteiger partial charge in [-0.2, -0.15) is 0 Å². The Hall–Kier alpha value is -1.86. The van der Waals surface area contributed by atoms with E-state index in [9.17, 15) is 18.4 Å². The van der Waals surface area contributed by atoms with Gasteiger partial charge in [0, 0.05) is 25.6 Å². The number of hydrogen-bond acceptors (Lipinski definition) is 4. The molecule has 2 fully saturated rings. The van der Waals surface area contributed by atoms with Crippen LogP contribution < -0.4 is 5.73 Å². The maximum Gasteiger partial charge on any atom is 0.251 e. The standard InChI is InChI=1S/C18H22F2N2O3/c19-12-1-3-15(20)14(9-12)17(23)11-5-7-22(8-6-11)18(24)16-4-2-13(10-21)25-16/h1,3,9,11,13,16H,2,4-8,10,21H2/t13-,16+/m1/s1. The average Bonchev–Trinajstić information content (AvgIpc) is 3.12. The zero-order chi connectivity index (χ0) is 18.0. The minimum Gasteiger partial charge on any atom is -0.364 e. The Bertz CT molecular complexity index is 660. The number of rotatable bonds is 4. The third kappa shape index (κ3) is 3.88. The van der Waals surface area contributed by atoms with E-state index in [4.69, 9.17) is 10.5 Å². The molecule has 2 aliphatic rings. The van der Waals surface area contributed by atoms with Crippen LogP contribution in [0.1, 0.15) is 36.0 Å². The molecule has 2 aliphatic heterocycles. The lowest BCUT2D eigenvalue weighted by Gasteiger charge is -2.33. The number of nitrogens with zero attached hydrogens (tertiary/aromatic N) is 1. The van der Waals surface area contributed by atoms with Gasteiger partial charge in [0.25, 0.3) is 5.91 Å². The van der Waals surface area contributed by atoms with Gasteiger partial charge < -0.3 is 15.4 Å². The van der Waals surface area contributed by atoms with Crippen LogP contribution in [0, 0.1) is 17.6 Å². The summed E-state index contributed by atoms with van der Waals surface area (Å²) in [6, 6.07) is 2.89. The van der Waals surface area contributed by atoms with Crippen LogP contribution in [-0.4, -0.2) is 48.4 Å². The molecule has 1 amide bonds. The molecular formula is C18H22F2N2O3. The van der Waals surface area contributed by atoms with Gasteiger partial charge in [-0.1, -0.05) is 0 Å². The van der Waals surface area contributed by atoms with Crippen molar-refractivity contribution >= 4 is 11.7 Å². The Morgan fingerprint density at radius 2 is 1.88 bits per heavy atom. The van der Waals surface area contributed by atoms with E-state index in [1.54, 1.807) is 4.90 Å². The number of likely N-dealkylation sites (tertiary alicyclic amines) is 1. The lowest BCUT2D eigenvalue weighted by molar-refractivity contribution is -0.144. The Labute approximate surface area is 145 Å². The molecule has 0 bridgehead atoms. The summed E-state index contributed by atoms with van der Waals surface area (Å²) in [4.78, 5) is 26.6. The Balaban J connectivity index is 1.57. The maximum absolute atomic E-state index is 13.8. The van der Waals surface area contributed by atoms with Gasteiger partial charge in [0.2, 0.25) is 0 Å². The molecule has 1 aromatic rings. The Morgan fingerprint density at radius 3 is 2.52 bits per heavy atom. The molecule has 0 saturated carbocycles. The SMILES string of the molecule is NC[C@H]1CC[C@@H](C(=O)N2CCC(C(=O)c3cc(F)ccc3F)CC2)O1. The molecular weight excluding hydrogens is 330 g/mol. The molecule has 0 aliphatic carbocycles. The quantitative estimate of drug-likeness (QED) is 0.840. The summed E-state index contributed by atoms with van der Waals surface area (Å²) < 4.78 is 32.7. The molecule has 2 atom stereocenters. The third-order valence-corrected chi connectivity index (χ3v) is 5.02. The summed E-state index contributed by atoms with van der Waals surface area (Å²) >= 11 is 0. The molecule has 136 valence electrons. The first-order chi connectivity index (χ1) is 12.0. The number of carbonyl (C=O) groups is 2. The molecule has 0 spiro atoms. The van der Waals surface area contributed by atoms with Gasteiger partial charge in [-0.25, -0.2) is 8.78 Å². The van der Waals surface area contributed by atoms with Crippen LogP contribution in [0.3, 0.4) is 0 Å². The number of benzene rings is 1. The monoisotopic (exact) mass is 352 g/mol. The van der Waals surface area contributed by atoms with Gasteiger partial charge in [0.15, 0.2) is 5.78 Å². The number of hydrogen-bond donors (Lipinski definition) is 1. The molecule has 2 heterocycles. The summed E-state index contributed by atoms with van der Waals surface area (Å²) in [5, 5.41) is 0. The normalized spacial score (nSPS) is 24.5. The summed E-state index contributed by atoms with van der Waals surface area (Å²) in [5.74, 6) is -2.22. The van der Waals surface area contributed by atoms with Crippen LogP contribution in [-0.2, 0) is 9.53 Å². The van der Waals surface area contributed by atoms with E-state index >= 15 is 0 Å². The summed E-state index contributed by atoms with van der Waals surface area (Å²) in [5.41, 5.74) is 5.35. The first kappa shape index (κ1) is 17.9. The number of amides is 1. The van der Waals surface area contributed by atoms with Crippen LogP contribution in [0.5, 0.6) is 0 Å². The number of ether oxygens (including phenoxy) is 1. The molecule has 3 rings (SSSR count). The maximum atomic E-state index is 13.8. The van der Waals surface area contributed by atoms with Gasteiger partial charge in [0.05, 0.1) is 11.7 Å². The number of halogens is 2. The first-order valence-electron chi connectivity index (χ1n) is 8.63. The predicted molar refractivity (Wildman–Crippen MR) is 86.9 cm³/mol. The minimum absolute atomic E-state index is 0.0657. The first-order valence-corrected chi connectivity index (χ1v) is 8.63. The van der Waals surface area contributed by atoms with Crippen LogP contribution in [0.4, 0.5) is 8.78 Å². The van der Waals surface area contributed by atoms with Crippen molar-refractivity contribution in [3.05, 3.63) is 35.4 Å². The summed E-state index contributed by atoms with van der Waals surface area (Å²) in [6.45, 7) is 1.23. The molecule has 0 unspecified atom stereocenters. The Kier molecular flexibility index (Phi) is 5.44. The van der Waals surface area contributed by atoms with Crippen molar-refractivity contribution in [1.29, 1.82) is 0 Å². The van der Waals surface area contributed by atoms with Crippen molar-refractivity contribution in [3.8, 4) is 0 Å². The van der Waals surface area contributed by atoms with Crippen molar-refractivity contribution in [2.24, 2.45) is 11.7 Å². The van der Waals surface area contributed by atoms with E-state index in [1.807, 2.05) is 0 Å². The highest BCUT2D eigenvalue weighted by molar-refractivity contribution is 5.98. The molecule has 1 aromatic carbocycles. The topological polar surface area (TPSA) is 72.6 Å². The Morgan fingerprint density at radius 1 is 1.16 bits per heavy atom. The van der Waals surface area contributed by atoms with Gasteiger partial charge in [-0.05, 0) is 43.9 Å². The molecule has 7 heteroatoms. The summed E-state index contributed by atoms with van der Waals surface area (Å²) in [7, 11) is 0. The van der Waals surface area contributed by atoms with Crippen molar-refractivity contribution < 1.29 is 23.1 Å². The molecule has 0 aromatic heterocycles. The van der Waals surface area contributed by atoms with E-state index in [2.05, 4.69) is 0 Å². The fourth-order valence-corrected chi connectivity index (χ4v) is 3.53. The number of piperidine rings is 1. The van der Waals surface area contributed by atoms with Gasteiger partial charge in [-0.3, -0.25) is 9.59 Å². The highest BCUT2D eigenvalue weighted by atomic mass is 19.1. The number of nitrogens with two attached hydrogens (primary N) is 1. The summed E-state index contributed by atoms with van der Waals surface area (Å²) in [6.07, 6.45) is 1.79. The van der Waals surface area contributed by atoms with Crippen molar-refractivity contribution in [2.45, 2.75) is 37.9 Å². The van der Waals surface area contributed by atoms with E-state index in [-0.39, 0.29) is 17.6 Å². The van der Waals surface area contributed by atoms with E-state index in [1.165, 1.54) is 0 Å². The lowest BCUT2D eigenvalue weighted by atomic mass is 9.88. The molecule has 0 radical (unpaired) electrons. The fourth-order valence-electron chi connectivity index (χ4n) is 3.53. The van der Waals surface area contributed by atoms with E-state index in [0.29, 0.717) is 38.9 Å². The van der Waals surface area contributed by atoms with Crippen LogP contribution in [0.2, 0.25) is 0 Å². The predicted octanol–water partition coefficient (Wildman–Crippen LogP) is 1.89. The van der Waals surface area contributed by atoms with Crippen LogP contribution >= 0.6 is 0 Å². The zero-order valence-electron chi connectivity index (χ0n) is 13.9. The van der Waals surface area contributed by atoms with Crippen LogP contribution in [0.15, 0.2) is 18.2 Å². The highest BCUT2D eigenvalue weighted by Gasteiger charge is 2.35. The highest BCUT2D eigenvalue weighted by Crippen LogP contribution is 2.26. The smallest absolute Gasteiger partial charge is 0.251 e. The molecule has 2 N–H and O–H groups in total. The number of ketones is 1. The third-order valence-electron chi connectivity index (χ3n) is 5.02. The zero-order valence-corrected chi connectivity index (χ0v) is 13.9. The van der Waals surface area contributed by atoms with Crippen LogP contribution in [0.25, 0.3) is 0 Å². The molecule has 2 saturated heterocycles. The van der Waals surface area contributed by atoms with Gasteiger partial charge >= 0.3 is 0 Å². The number of Topliss-reactive ketones (excluding diaryl/α,β-unsaturated/α-hetero) is 1. The van der Waals surface area contributed by atoms with E-state index < -0.39 is 29.4 Å². The fraction of sp³-hybridized carbons (Fsp3) is 0.556. The minimum atomic E-state index is -0.711. The second kappa shape index (κ2) is 7.58. The van der Waals surface area contributed by atoms with Crippen molar-refractivity contribution in [3.63, 3.8) is 0 Å². The second-order valence-corrected chi connectivity index (χ2v) is 6.65. The largest absolute Gasteiger partial charge is 0.364 e. The lowest BCUT2D eigenvalue weighted by Crippen LogP contribution is -2.45. The average molecular weight is 352 g/mol. The molecule has 25 heavy (non-hydrogen) atoms. The van der Waals surface area contributed by atoms with Crippen molar-refractivity contribution in [2.75, 3.05) is 19.6 Å². The second-order valence-electron chi connectivity index (χ2n) is 6.65. The van der Waals surface area contributed by atoms with Gasteiger partial charge in [-0.15, -0.1) is 0 Å².